The molecular weight excluding hydrogens is 244 g/mol. The third-order valence-electron chi connectivity index (χ3n) is 3.48. The van der Waals surface area contributed by atoms with E-state index in [0.717, 1.165) is 11.4 Å². The van der Waals surface area contributed by atoms with Gasteiger partial charge in [0.1, 0.15) is 13.2 Å². The molecule has 0 unspecified atom stereocenters. The summed E-state index contributed by atoms with van der Waals surface area (Å²) < 4.78 is 10.9. The van der Waals surface area contributed by atoms with E-state index in [0.29, 0.717) is 31.5 Å². The van der Waals surface area contributed by atoms with Gasteiger partial charge >= 0.3 is 0 Å². The Labute approximate surface area is 112 Å². The van der Waals surface area contributed by atoms with Crippen LogP contribution < -0.4 is 20.1 Å². The van der Waals surface area contributed by atoms with Crippen molar-refractivity contribution < 1.29 is 14.3 Å². The summed E-state index contributed by atoms with van der Waals surface area (Å²) in [5, 5.41) is 6.09. The van der Waals surface area contributed by atoms with Crippen molar-refractivity contribution in [3.8, 4) is 11.5 Å². The number of benzene rings is 1. The second kappa shape index (κ2) is 5.48. The number of ether oxygens (including phenoxy) is 2. The molecule has 1 amide bonds. The van der Waals surface area contributed by atoms with E-state index in [2.05, 4.69) is 10.6 Å². The van der Waals surface area contributed by atoms with E-state index >= 15 is 0 Å². The Morgan fingerprint density at radius 2 is 2.00 bits per heavy atom. The molecule has 0 bridgehead atoms. The highest BCUT2D eigenvalue weighted by molar-refractivity contribution is 5.92. The second-order valence-corrected chi connectivity index (χ2v) is 4.92. The van der Waals surface area contributed by atoms with Crippen LogP contribution in [0.4, 0.5) is 5.69 Å². The largest absolute Gasteiger partial charge is 0.486 e. The van der Waals surface area contributed by atoms with Crippen LogP contribution in [0.3, 0.4) is 0 Å². The Morgan fingerprint density at radius 1 is 1.21 bits per heavy atom. The normalized spacial score (nSPS) is 17.7. The number of carbonyl (C=O) groups is 1. The molecule has 1 aliphatic carbocycles. The van der Waals surface area contributed by atoms with Crippen molar-refractivity contribution in [3.63, 3.8) is 0 Å². The molecule has 0 atom stereocenters. The Bertz CT molecular complexity index is 472. The molecule has 102 valence electrons. The van der Waals surface area contributed by atoms with Crippen molar-refractivity contribution in [2.75, 3.05) is 25.1 Å². The lowest BCUT2D eigenvalue weighted by Crippen LogP contribution is -2.40. The smallest absolute Gasteiger partial charge is 0.238 e. The molecule has 1 saturated carbocycles. The third kappa shape index (κ3) is 2.98. The summed E-state index contributed by atoms with van der Waals surface area (Å²) in [6.07, 6.45) is 3.62. The minimum Gasteiger partial charge on any atom is -0.486 e. The SMILES string of the molecule is O=C(CNC1CCC1)Nc1ccc2c(c1)OCCO2. The molecule has 2 N–H and O–H groups in total. The summed E-state index contributed by atoms with van der Waals surface area (Å²) in [4.78, 5) is 11.8. The number of hydrogen-bond acceptors (Lipinski definition) is 4. The molecule has 5 nitrogen and oxygen atoms in total. The number of amides is 1. The third-order valence-corrected chi connectivity index (χ3v) is 3.48. The molecule has 0 aromatic heterocycles. The zero-order valence-electron chi connectivity index (χ0n) is 10.8. The minimum atomic E-state index is -0.0245. The first-order valence-electron chi connectivity index (χ1n) is 6.74. The summed E-state index contributed by atoms with van der Waals surface area (Å²) in [5.74, 6) is 1.40. The Kier molecular flexibility index (Phi) is 3.55. The second-order valence-electron chi connectivity index (χ2n) is 4.92. The van der Waals surface area contributed by atoms with Crippen LogP contribution in [0.15, 0.2) is 18.2 Å². The van der Waals surface area contributed by atoms with Gasteiger partial charge in [-0.1, -0.05) is 6.42 Å². The van der Waals surface area contributed by atoms with Crippen LogP contribution in [0.1, 0.15) is 19.3 Å². The average Bonchev–Trinajstić information content (AvgIpc) is 2.37. The van der Waals surface area contributed by atoms with E-state index in [-0.39, 0.29) is 5.91 Å². The Morgan fingerprint density at radius 3 is 2.74 bits per heavy atom. The zero-order chi connectivity index (χ0) is 13.1. The topological polar surface area (TPSA) is 59.6 Å². The predicted octanol–water partition coefficient (Wildman–Crippen LogP) is 1.54. The molecule has 0 radical (unpaired) electrons. The fourth-order valence-corrected chi connectivity index (χ4v) is 2.18. The van der Waals surface area contributed by atoms with Crippen LogP contribution in [0.25, 0.3) is 0 Å². The number of nitrogens with one attached hydrogen (secondary N) is 2. The van der Waals surface area contributed by atoms with Gasteiger partial charge in [-0.2, -0.15) is 0 Å². The number of carbonyl (C=O) groups excluding carboxylic acids is 1. The minimum absolute atomic E-state index is 0.0245. The van der Waals surface area contributed by atoms with Gasteiger partial charge in [0.15, 0.2) is 11.5 Å². The molecule has 2 aliphatic rings. The van der Waals surface area contributed by atoms with Gasteiger partial charge in [0.2, 0.25) is 5.91 Å². The monoisotopic (exact) mass is 262 g/mol. The standard InChI is InChI=1S/C14H18N2O3/c17-14(9-15-10-2-1-3-10)16-11-4-5-12-13(8-11)19-7-6-18-12/h4-5,8,10,15H,1-3,6-7,9H2,(H,16,17). The number of anilines is 1. The maximum atomic E-state index is 11.8. The van der Waals surface area contributed by atoms with Crippen LogP contribution in [0, 0.1) is 0 Å². The van der Waals surface area contributed by atoms with Gasteiger partial charge in [-0.25, -0.2) is 0 Å². The predicted molar refractivity (Wildman–Crippen MR) is 71.7 cm³/mol. The van der Waals surface area contributed by atoms with Gasteiger partial charge in [-0.15, -0.1) is 0 Å². The zero-order valence-corrected chi connectivity index (χ0v) is 10.8. The highest BCUT2D eigenvalue weighted by atomic mass is 16.6. The van der Waals surface area contributed by atoms with Crippen LogP contribution >= 0.6 is 0 Å². The molecule has 0 spiro atoms. The molecule has 5 heteroatoms. The summed E-state index contributed by atoms with van der Waals surface area (Å²) >= 11 is 0. The first kappa shape index (κ1) is 12.3. The maximum absolute atomic E-state index is 11.8. The lowest BCUT2D eigenvalue weighted by atomic mass is 9.93. The van der Waals surface area contributed by atoms with Crippen molar-refractivity contribution in [3.05, 3.63) is 18.2 Å². The molecule has 3 rings (SSSR count). The summed E-state index contributed by atoms with van der Waals surface area (Å²) in [7, 11) is 0. The van der Waals surface area contributed by atoms with Gasteiger partial charge < -0.3 is 20.1 Å². The van der Waals surface area contributed by atoms with Crippen molar-refractivity contribution >= 4 is 11.6 Å². The Hall–Kier alpha value is -1.75. The fourth-order valence-electron chi connectivity index (χ4n) is 2.18. The quantitative estimate of drug-likeness (QED) is 0.864. The summed E-state index contributed by atoms with van der Waals surface area (Å²) in [5.41, 5.74) is 0.740. The first-order valence-corrected chi connectivity index (χ1v) is 6.74. The van der Waals surface area contributed by atoms with E-state index in [1.54, 1.807) is 6.07 Å². The maximum Gasteiger partial charge on any atom is 0.238 e. The Balaban J connectivity index is 1.54. The molecule has 1 aliphatic heterocycles. The highest BCUT2D eigenvalue weighted by Gasteiger charge is 2.18. The van der Waals surface area contributed by atoms with E-state index in [4.69, 9.17) is 9.47 Å². The van der Waals surface area contributed by atoms with Crippen LogP contribution in [-0.4, -0.2) is 31.7 Å². The molecule has 0 saturated heterocycles. The van der Waals surface area contributed by atoms with Crippen LogP contribution in [0.5, 0.6) is 11.5 Å². The van der Waals surface area contributed by atoms with Gasteiger partial charge in [0, 0.05) is 17.8 Å². The number of hydrogen-bond donors (Lipinski definition) is 2. The van der Waals surface area contributed by atoms with Gasteiger partial charge in [-0.05, 0) is 25.0 Å². The van der Waals surface area contributed by atoms with Crippen molar-refractivity contribution in [1.29, 1.82) is 0 Å². The summed E-state index contributed by atoms with van der Waals surface area (Å²) in [6.45, 7) is 1.48. The van der Waals surface area contributed by atoms with E-state index in [1.807, 2.05) is 12.1 Å². The molecule has 1 aromatic carbocycles. The summed E-state index contributed by atoms with van der Waals surface area (Å²) in [6, 6.07) is 5.97. The lowest BCUT2D eigenvalue weighted by molar-refractivity contribution is -0.115. The van der Waals surface area contributed by atoms with Crippen LogP contribution in [0.2, 0.25) is 0 Å². The van der Waals surface area contributed by atoms with E-state index in [9.17, 15) is 4.79 Å². The first-order chi connectivity index (χ1) is 9.31. The lowest BCUT2D eigenvalue weighted by Gasteiger charge is -2.26. The van der Waals surface area contributed by atoms with Crippen LogP contribution in [-0.2, 0) is 4.79 Å². The van der Waals surface area contributed by atoms with E-state index in [1.165, 1.54) is 19.3 Å². The number of rotatable bonds is 4. The molecule has 1 heterocycles. The van der Waals surface area contributed by atoms with E-state index < -0.39 is 0 Å². The molecule has 1 aromatic rings. The van der Waals surface area contributed by atoms with Crippen molar-refractivity contribution in [2.45, 2.75) is 25.3 Å². The molecular formula is C14H18N2O3. The molecule has 1 fully saturated rings. The van der Waals surface area contributed by atoms with Gasteiger partial charge in [0.05, 0.1) is 6.54 Å². The van der Waals surface area contributed by atoms with Crippen molar-refractivity contribution in [2.24, 2.45) is 0 Å². The highest BCUT2D eigenvalue weighted by Crippen LogP contribution is 2.32. The fraction of sp³-hybridized carbons (Fsp3) is 0.500. The van der Waals surface area contributed by atoms with Gasteiger partial charge in [0.25, 0.3) is 0 Å². The number of fused-ring (bicyclic) bond motifs is 1. The average molecular weight is 262 g/mol. The van der Waals surface area contributed by atoms with Gasteiger partial charge in [-0.3, -0.25) is 4.79 Å². The van der Waals surface area contributed by atoms with Crippen molar-refractivity contribution in [1.82, 2.24) is 5.32 Å². The molecule has 19 heavy (non-hydrogen) atoms.